The molecule has 0 spiro atoms. The number of halogens is 3. The average molecular weight is 430 g/mol. The molecule has 4 rings (SSSR count). The van der Waals surface area contributed by atoms with Crippen LogP contribution in [0.5, 0.6) is 5.75 Å². The van der Waals surface area contributed by atoms with Crippen molar-refractivity contribution in [2.75, 3.05) is 34.4 Å². The molecule has 1 aliphatic heterocycles. The second-order valence-electron chi connectivity index (χ2n) is 6.53. The van der Waals surface area contributed by atoms with Gasteiger partial charge >= 0.3 is 12.2 Å². The second kappa shape index (κ2) is 8.38. The van der Waals surface area contributed by atoms with Crippen molar-refractivity contribution >= 4 is 34.7 Å². The summed E-state index contributed by atoms with van der Waals surface area (Å²) < 4.78 is 43.4. The van der Waals surface area contributed by atoms with E-state index in [2.05, 4.69) is 31.2 Å². The smallest absolute Gasteiger partial charge is 0.416 e. The van der Waals surface area contributed by atoms with Gasteiger partial charge in [-0.05, 0) is 48.5 Å². The van der Waals surface area contributed by atoms with E-state index in [0.29, 0.717) is 41.9 Å². The minimum absolute atomic E-state index is 0.242. The zero-order valence-electron chi connectivity index (χ0n) is 16.0. The molecule has 4 N–H and O–H groups in total. The lowest BCUT2D eigenvalue weighted by Crippen LogP contribution is -2.20. The molecule has 0 unspecified atom stereocenters. The number of anilines is 5. The van der Waals surface area contributed by atoms with Gasteiger partial charge in [0.05, 0.1) is 12.1 Å². The third-order valence-corrected chi connectivity index (χ3v) is 4.32. The van der Waals surface area contributed by atoms with E-state index in [1.807, 2.05) is 0 Å². The maximum Gasteiger partial charge on any atom is 0.416 e. The zero-order valence-corrected chi connectivity index (χ0v) is 16.0. The first kappa shape index (κ1) is 20.3. The molecule has 2 heterocycles. The summed E-state index contributed by atoms with van der Waals surface area (Å²) in [5.74, 6) is 1.66. The van der Waals surface area contributed by atoms with Crippen LogP contribution in [0.4, 0.5) is 46.7 Å². The quantitative estimate of drug-likeness (QED) is 0.479. The molecule has 8 nitrogen and oxygen atoms in total. The van der Waals surface area contributed by atoms with Crippen molar-refractivity contribution in [3.63, 3.8) is 0 Å². The van der Waals surface area contributed by atoms with E-state index < -0.39 is 17.8 Å². The van der Waals surface area contributed by atoms with Crippen LogP contribution in [0.1, 0.15) is 5.56 Å². The molecular formula is C20H17F3N6O2. The van der Waals surface area contributed by atoms with E-state index in [0.717, 1.165) is 12.1 Å². The van der Waals surface area contributed by atoms with Crippen molar-refractivity contribution < 1.29 is 22.7 Å². The van der Waals surface area contributed by atoms with Crippen LogP contribution >= 0.6 is 0 Å². The highest BCUT2D eigenvalue weighted by Gasteiger charge is 2.30. The van der Waals surface area contributed by atoms with Gasteiger partial charge in [-0.25, -0.2) is 14.8 Å². The number of hydrogen-bond donors (Lipinski definition) is 4. The van der Waals surface area contributed by atoms with Crippen LogP contribution < -0.4 is 26.0 Å². The summed E-state index contributed by atoms with van der Waals surface area (Å²) in [7, 11) is 0. The third kappa shape index (κ3) is 4.94. The molecule has 1 aliphatic rings. The SMILES string of the molecule is O=C(Nc1ccc(Nc2ncnc3c2OCCN3)cc1)Nc1ccc(C(F)(F)F)cc1. The van der Waals surface area contributed by atoms with Crippen molar-refractivity contribution in [2.24, 2.45) is 0 Å². The molecule has 0 saturated carbocycles. The Bertz CT molecular complexity index is 1070. The van der Waals surface area contributed by atoms with Crippen molar-refractivity contribution in [3.8, 4) is 5.75 Å². The molecule has 0 saturated heterocycles. The summed E-state index contributed by atoms with van der Waals surface area (Å²) in [6.45, 7) is 1.17. The van der Waals surface area contributed by atoms with Gasteiger partial charge in [-0.15, -0.1) is 0 Å². The normalized spacial score (nSPS) is 12.7. The van der Waals surface area contributed by atoms with Crippen molar-refractivity contribution in [1.29, 1.82) is 0 Å². The molecule has 2 amide bonds. The maximum absolute atomic E-state index is 12.6. The Morgan fingerprint density at radius 1 is 0.935 bits per heavy atom. The van der Waals surface area contributed by atoms with Crippen LogP contribution in [0.15, 0.2) is 54.9 Å². The van der Waals surface area contributed by atoms with E-state index in [1.54, 1.807) is 24.3 Å². The number of aromatic nitrogens is 2. The number of fused-ring (bicyclic) bond motifs is 1. The molecule has 3 aromatic rings. The standard InChI is InChI=1S/C20H17F3N6O2/c21-20(22,23)12-1-3-14(4-2-12)28-19(30)29-15-7-5-13(6-8-15)27-18-16-17(25-11-26-18)24-9-10-31-16/h1-8,11H,9-10H2,(H2,28,29,30)(H2,24,25,26,27). The number of carbonyl (C=O) groups is 1. The number of ether oxygens (including phenoxy) is 1. The number of rotatable bonds is 4. The van der Waals surface area contributed by atoms with Gasteiger partial charge in [-0.1, -0.05) is 0 Å². The Hall–Kier alpha value is -4.02. The summed E-state index contributed by atoms with van der Waals surface area (Å²) in [4.78, 5) is 20.4. The Morgan fingerprint density at radius 3 is 2.19 bits per heavy atom. The maximum atomic E-state index is 12.6. The lowest BCUT2D eigenvalue weighted by atomic mass is 10.2. The number of alkyl halides is 3. The van der Waals surface area contributed by atoms with Gasteiger partial charge in [0.25, 0.3) is 0 Å². The molecule has 160 valence electrons. The fourth-order valence-corrected chi connectivity index (χ4v) is 2.86. The van der Waals surface area contributed by atoms with E-state index in [9.17, 15) is 18.0 Å². The first-order valence-electron chi connectivity index (χ1n) is 9.22. The minimum Gasteiger partial charge on any atom is -0.485 e. The first-order valence-corrected chi connectivity index (χ1v) is 9.22. The Morgan fingerprint density at radius 2 is 1.55 bits per heavy atom. The van der Waals surface area contributed by atoms with Gasteiger partial charge in [-0.2, -0.15) is 13.2 Å². The summed E-state index contributed by atoms with van der Waals surface area (Å²) in [5, 5.41) is 11.4. The predicted molar refractivity (Wildman–Crippen MR) is 110 cm³/mol. The highest BCUT2D eigenvalue weighted by Crippen LogP contribution is 2.33. The van der Waals surface area contributed by atoms with E-state index in [-0.39, 0.29) is 5.69 Å². The van der Waals surface area contributed by atoms with Crippen LogP contribution in [0.3, 0.4) is 0 Å². The number of nitrogens with one attached hydrogen (secondary N) is 4. The molecule has 0 aliphatic carbocycles. The van der Waals surface area contributed by atoms with Gasteiger partial charge in [0, 0.05) is 17.1 Å². The van der Waals surface area contributed by atoms with Crippen LogP contribution in [-0.2, 0) is 6.18 Å². The Labute approximate surface area is 174 Å². The highest BCUT2D eigenvalue weighted by molar-refractivity contribution is 5.99. The van der Waals surface area contributed by atoms with Crippen LogP contribution in [0.2, 0.25) is 0 Å². The zero-order chi connectivity index (χ0) is 21.8. The number of carbonyl (C=O) groups excluding carboxylic acids is 1. The van der Waals surface area contributed by atoms with E-state index in [4.69, 9.17) is 4.74 Å². The molecule has 31 heavy (non-hydrogen) atoms. The molecule has 1 aromatic heterocycles. The molecule has 0 atom stereocenters. The average Bonchev–Trinajstić information content (AvgIpc) is 2.75. The van der Waals surface area contributed by atoms with Gasteiger partial charge in [-0.3, -0.25) is 0 Å². The van der Waals surface area contributed by atoms with Gasteiger partial charge in [0.15, 0.2) is 11.6 Å². The summed E-state index contributed by atoms with van der Waals surface area (Å²) in [5.41, 5.74) is 0.667. The van der Waals surface area contributed by atoms with Crippen molar-refractivity contribution in [2.45, 2.75) is 6.18 Å². The Balaban J connectivity index is 1.36. The monoisotopic (exact) mass is 430 g/mol. The molecule has 2 aromatic carbocycles. The minimum atomic E-state index is -4.43. The number of amides is 2. The topological polar surface area (TPSA) is 100 Å². The molecule has 0 radical (unpaired) electrons. The number of urea groups is 1. The molecular weight excluding hydrogens is 413 g/mol. The number of hydrogen-bond acceptors (Lipinski definition) is 6. The first-order chi connectivity index (χ1) is 14.9. The van der Waals surface area contributed by atoms with Crippen LogP contribution in [0.25, 0.3) is 0 Å². The lowest BCUT2D eigenvalue weighted by Gasteiger charge is -2.20. The number of nitrogens with zero attached hydrogens (tertiary/aromatic N) is 2. The van der Waals surface area contributed by atoms with Crippen LogP contribution in [-0.4, -0.2) is 29.2 Å². The molecule has 0 fully saturated rings. The highest BCUT2D eigenvalue weighted by atomic mass is 19.4. The van der Waals surface area contributed by atoms with Gasteiger partial charge in [0.2, 0.25) is 5.75 Å². The molecule has 0 bridgehead atoms. The predicted octanol–water partition coefficient (Wildman–Crippen LogP) is 4.69. The van der Waals surface area contributed by atoms with Crippen molar-refractivity contribution in [3.05, 3.63) is 60.4 Å². The van der Waals surface area contributed by atoms with E-state index in [1.165, 1.54) is 18.5 Å². The third-order valence-electron chi connectivity index (χ3n) is 4.32. The fourth-order valence-electron chi connectivity index (χ4n) is 2.86. The summed E-state index contributed by atoms with van der Waals surface area (Å²) in [6.07, 6.45) is -3.01. The summed E-state index contributed by atoms with van der Waals surface area (Å²) >= 11 is 0. The fraction of sp³-hybridized carbons (Fsp3) is 0.150. The molecule has 11 heteroatoms. The largest absolute Gasteiger partial charge is 0.485 e. The van der Waals surface area contributed by atoms with Crippen LogP contribution in [0, 0.1) is 0 Å². The van der Waals surface area contributed by atoms with Gasteiger partial charge in [0.1, 0.15) is 12.9 Å². The second-order valence-corrected chi connectivity index (χ2v) is 6.53. The summed E-state index contributed by atoms with van der Waals surface area (Å²) in [6, 6.07) is 10.4. The van der Waals surface area contributed by atoms with Gasteiger partial charge < -0.3 is 26.0 Å². The Kier molecular flexibility index (Phi) is 5.48. The number of benzene rings is 2. The van der Waals surface area contributed by atoms with Crippen molar-refractivity contribution in [1.82, 2.24) is 9.97 Å². The van der Waals surface area contributed by atoms with E-state index >= 15 is 0 Å². The lowest BCUT2D eigenvalue weighted by molar-refractivity contribution is -0.137.